The van der Waals surface area contributed by atoms with E-state index in [0.717, 1.165) is 25.6 Å². The molecule has 2 heterocycles. The van der Waals surface area contributed by atoms with Crippen molar-refractivity contribution in [2.45, 2.75) is 38.8 Å². The largest absolute Gasteiger partial charge is 0.333 e. The van der Waals surface area contributed by atoms with Crippen molar-refractivity contribution in [2.24, 2.45) is 0 Å². The second-order valence-corrected chi connectivity index (χ2v) is 4.89. The SMILES string of the molecule is CCC1CN(C(=O)c2ccncc2F)C(CC)CN1. The topological polar surface area (TPSA) is 45.2 Å². The molecule has 0 spiro atoms. The Morgan fingerprint density at radius 3 is 2.95 bits per heavy atom. The molecule has 0 saturated carbocycles. The molecule has 1 saturated heterocycles. The Bertz CT molecular complexity index is 452. The van der Waals surface area contributed by atoms with Crippen LogP contribution in [0.4, 0.5) is 4.39 Å². The van der Waals surface area contributed by atoms with Gasteiger partial charge < -0.3 is 10.2 Å². The lowest BCUT2D eigenvalue weighted by Gasteiger charge is -2.40. The summed E-state index contributed by atoms with van der Waals surface area (Å²) >= 11 is 0. The fraction of sp³-hybridized carbons (Fsp3) is 0.571. The van der Waals surface area contributed by atoms with Crippen LogP contribution in [0.2, 0.25) is 0 Å². The Hall–Kier alpha value is -1.49. The summed E-state index contributed by atoms with van der Waals surface area (Å²) in [5.74, 6) is -0.777. The molecule has 4 nitrogen and oxygen atoms in total. The van der Waals surface area contributed by atoms with Crippen LogP contribution >= 0.6 is 0 Å². The fourth-order valence-electron chi connectivity index (χ4n) is 2.45. The summed E-state index contributed by atoms with van der Waals surface area (Å²) in [5, 5.41) is 3.42. The Morgan fingerprint density at radius 2 is 2.32 bits per heavy atom. The monoisotopic (exact) mass is 265 g/mol. The normalized spacial score (nSPS) is 23.4. The van der Waals surface area contributed by atoms with Crippen molar-refractivity contribution in [2.75, 3.05) is 13.1 Å². The van der Waals surface area contributed by atoms with Crippen molar-refractivity contribution in [3.05, 3.63) is 29.8 Å². The quantitative estimate of drug-likeness (QED) is 0.906. The van der Waals surface area contributed by atoms with Gasteiger partial charge in [-0.2, -0.15) is 0 Å². The maximum absolute atomic E-state index is 13.7. The molecule has 0 bridgehead atoms. The number of amides is 1. The molecule has 1 aromatic rings. The molecule has 19 heavy (non-hydrogen) atoms. The van der Waals surface area contributed by atoms with Gasteiger partial charge >= 0.3 is 0 Å². The Morgan fingerprint density at radius 1 is 1.53 bits per heavy atom. The molecule has 0 aliphatic carbocycles. The molecular formula is C14H20FN3O. The van der Waals surface area contributed by atoms with Gasteiger partial charge in [-0.05, 0) is 18.9 Å². The van der Waals surface area contributed by atoms with Gasteiger partial charge in [-0.1, -0.05) is 13.8 Å². The van der Waals surface area contributed by atoms with Gasteiger partial charge in [0.1, 0.15) is 0 Å². The van der Waals surface area contributed by atoms with E-state index in [0.29, 0.717) is 6.54 Å². The summed E-state index contributed by atoms with van der Waals surface area (Å²) in [6.45, 7) is 5.53. The van der Waals surface area contributed by atoms with E-state index < -0.39 is 5.82 Å². The van der Waals surface area contributed by atoms with Crippen molar-refractivity contribution in [1.29, 1.82) is 0 Å². The average Bonchev–Trinajstić information content (AvgIpc) is 2.46. The van der Waals surface area contributed by atoms with Crippen molar-refractivity contribution in [3.63, 3.8) is 0 Å². The standard InChI is InChI=1S/C14H20FN3O/c1-3-10-9-18(11(4-2)7-17-10)14(19)12-5-6-16-8-13(12)15/h5-6,8,10-11,17H,3-4,7,9H2,1-2H3. The van der Waals surface area contributed by atoms with Gasteiger partial charge in [-0.3, -0.25) is 9.78 Å². The molecule has 2 unspecified atom stereocenters. The molecule has 0 radical (unpaired) electrons. The van der Waals surface area contributed by atoms with Crippen LogP contribution in [-0.4, -0.2) is 41.0 Å². The van der Waals surface area contributed by atoms with Crippen molar-refractivity contribution in [3.8, 4) is 0 Å². The van der Waals surface area contributed by atoms with Crippen LogP contribution in [0.15, 0.2) is 18.5 Å². The number of hydrogen-bond acceptors (Lipinski definition) is 3. The second kappa shape index (κ2) is 6.10. The van der Waals surface area contributed by atoms with Gasteiger partial charge in [-0.25, -0.2) is 4.39 Å². The van der Waals surface area contributed by atoms with Gasteiger partial charge in [0.2, 0.25) is 0 Å². The molecule has 1 N–H and O–H groups in total. The highest BCUT2D eigenvalue weighted by Gasteiger charge is 2.31. The highest BCUT2D eigenvalue weighted by molar-refractivity contribution is 5.94. The third kappa shape index (κ3) is 2.92. The summed E-state index contributed by atoms with van der Waals surface area (Å²) in [6, 6.07) is 1.87. The Kier molecular flexibility index (Phi) is 4.47. The van der Waals surface area contributed by atoms with E-state index >= 15 is 0 Å². The number of rotatable bonds is 3. The minimum Gasteiger partial charge on any atom is -0.333 e. The number of nitrogens with zero attached hydrogens (tertiary/aromatic N) is 2. The van der Waals surface area contributed by atoms with Crippen LogP contribution < -0.4 is 5.32 Å². The summed E-state index contributed by atoms with van der Waals surface area (Å²) in [6.07, 6.45) is 4.37. The molecule has 0 aromatic carbocycles. The molecule has 2 atom stereocenters. The summed E-state index contributed by atoms with van der Waals surface area (Å²) in [4.78, 5) is 18.0. The van der Waals surface area contributed by atoms with Crippen LogP contribution in [0.25, 0.3) is 0 Å². The number of halogens is 1. The number of hydrogen-bond donors (Lipinski definition) is 1. The van der Waals surface area contributed by atoms with Crippen molar-refractivity contribution in [1.82, 2.24) is 15.2 Å². The predicted octanol–water partition coefficient (Wildman–Crippen LogP) is 1.82. The zero-order chi connectivity index (χ0) is 13.8. The number of nitrogens with one attached hydrogen (secondary N) is 1. The van der Waals surface area contributed by atoms with Crippen LogP contribution in [0.1, 0.15) is 37.0 Å². The van der Waals surface area contributed by atoms with Gasteiger partial charge in [0.05, 0.1) is 11.8 Å². The molecule has 1 aromatic heterocycles. The number of aromatic nitrogens is 1. The van der Waals surface area contributed by atoms with Crippen LogP contribution in [0.3, 0.4) is 0 Å². The second-order valence-electron chi connectivity index (χ2n) is 4.89. The predicted molar refractivity (Wildman–Crippen MR) is 71.4 cm³/mol. The fourth-order valence-corrected chi connectivity index (χ4v) is 2.45. The van der Waals surface area contributed by atoms with E-state index in [2.05, 4.69) is 17.2 Å². The molecule has 1 aliphatic heterocycles. The van der Waals surface area contributed by atoms with Gasteiger partial charge in [0.25, 0.3) is 5.91 Å². The van der Waals surface area contributed by atoms with Crippen LogP contribution in [0, 0.1) is 5.82 Å². The molecule has 104 valence electrons. The molecule has 1 fully saturated rings. The summed E-state index contributed by atoms with van der Waals surface area (Å²) in [5.41, 5.74) is 0.116. The lowest BCUT2D eigenvalue weighted by atomic mass is 10.0. The first-order chi connectivity index (χ1) is 9.17. The lowest BCUT2D eigenvalue weighted by Crippen LogP contribution is -2.58. The number of piperazine rings is 1. The Balaban J connectivity index is 2.22. The first kappa shape index (κ1) is 13.9. The third-order valence-electron chi connectivity index (χ3n) is 3.73. The van der Waals surface area contributed by atoms with E-state index in [1.807, 2.05) is 6.92 Å². The van der Waals surface area contributed by atoms with E-state index in [4.69, 9.17) is 0 Å². The molecular weight excluding hydrogens is 245 g/mol. The lowest BCUT2D eigenvalue weighted by molar-refractivity contribution is 0.0571. The van der Waals surface area contributed by atoms with E-state index in [1.54, 1.807) is 4.90 Å². The highest BCUT2D eigenvalue weighted by Crippen LogP contribution is 2.17. The first-order valence-electron chi connectivity index (χ1n) is 6.81. The van der Waals surface area contributed by atoms with E-state index in [-0.39, 0.29) is 23.6 Å². The van der Waals surface area contributed by atoms with Crippen molar-refractivity contribution < 1.29 is 9.18 Å². The molecule has 1 amide bonds. The van der Waals surface area contributed by atoms with E-state index in [1.165, 1.54) is 12.3 Å². The maximum atomic E-state index is 13.7. The summed E-state index contributed by atoms with van der Waals surface area (Å²) in [7, 11) is 0. The Labute approximate surface area is 113 Å². The zero-order valence-corrected chi connectivity index (χ0v) is 11.4. The summed E-state index contributed by atoms with van der Waals surface area (Å²) < 4.78 is 13.7. The minimum absolute atomic E-state index is 0.116. The van der Waals surface area contributed by atoms with Gasteiger partial charge in [-0.15, -0.1) is 0 Å². The van der Waals surface area contributed by atoms with Crippen LogP contribution in [0.5, 0.6) is 0 Å². The van der Waals surface area contributed by atoms with Gasteiger partial charge in [0.15, 0.2) is 5.82 Å². The third-order valence-corrected chi connectivity index (χ3v) is 3.73. The number of carbonyl (C=O) groups excluding carboxylic acids is 1. The molecule has 2 rings (SSSR count). The molecule has 1 aliphatic rings. The van der Waals surface area contributed by atoms with Crippen LogP contribution in [-0.2, 0) is 0 Å². The average molecular weight is 265 g/mol. The minimum atomic E-state index is -0.547. The first-order valence-corrected chi connectivity index (χ1v) is 6.81. The van der Waals surface area contributed by atoms with Crippen molar-refractivity contribution >= 4 is 5.91 Å². The number of pyridine rings is 1. The van der Waals surface area contributed by atoms with E-state index in [9.17, 15) is 9.18 Å². The zero-order valence-electron chi connectivity index (χ0n) is 11.4. The smallest absolute Gasteiger partial charge is 0.257 e. The highest BCUT2D eigenvalue weighted by atomic mass is 19.1. The molecule has 5 heteroatoms. The maximum Gasteiger partial charge on any atom is 0.257 e. The van der Waals surface area contributed by atoms with Gasteiger partial charge in [0, 0.05) is 31.4 Å². The number of carbonyl (C=O) groups is 1.